The fourth-order valence-corrected chi connectivity index (χ4v) is 4.47. The molecule has 2 fully saturated rings. The Morgan fingerprint density at radius 3 is 2.69 bits per heavy atom. The molecule has 156 valence electrons. The van der Waals surface area contributed by atoms with Crippen LogP contribution in [0.25, 0.3) is 0 Å². The second-order valence-electron chi connectivity index (χ2n) is 8.21. The van der Waals surface area contributed by atoms with E-state index in [9.17, 15) is 14.4 Å². The fourth-order valence-electron chi connectivity index (χ4n) is 4.47. The van der Waals surface area contributed by atoms with Crippen molar-refractivity contribution in [3.8, 4) is 0 Å². The van der Waals surface area contributed by atoms with Crippen molar-refractivity contribution in [2.24, 2.45) is 5.73 Å². The number of likely N-dealkylation sites (tertiary alicyclic amines) is 1. The number of rotatable bonds is 6. The first-order chi connectivity index (χ1) is 14.0. The molecule has 0 saturated carbocycles. The summed E-state index contributed by atoms with van der Waals surface area (Å²) in [5.74, 6) is -0.753. The van der Waals surface area contributed by atoms with E-state index in [1.54, 1.807) is 4.90 Å². The van der Waals surface area contributed by atoms with Gasteiger partial charge in [0.15, 0.2) is 0 Å². The third-order valence-electron chi connectivity index (χ3n) is 6.19. The van der Waals surface area contributed by atoms with E-state index in [4.69, 9.17) is 5.73 Å². The number of benzene rings is 1. The maximum Gasteiger partial charge on any atom is 0.255 e. The van der Waals surface area contributed by atoms with Crippen LogP contribution in [-0.2, 0) is 22.7 Å². The molecule has 1 aromatic rings. The number of amides is 3. The highest BCUT2D eigenvalue weighted by atomic mass is 16.2. The van der Waals surface area contributed by atoms with Gasteiger partial charge in [0.2, 0.25) is 11.8 Å². The van der Waals surface area contributed by atoms with Crippen LogP contribution in [-0.4, -0.2) is 65.8 Å². The summed E-state index contributed by atoms with van der Waals surface area (Å²) in [5.41, 5.74) is 8.57. The van der Waals surface area contributed by atoms with Gasteiger partial charge in [0, 0.05) is 44.2 Å². The Labute approximate surface area is 170 Å². The van der Waals surface area contributed by atoms with E-state index in [0.29, 0.717) is 31.1 Å². The van der Waals surface area contributed by atoms with Crippen molar-refractivity contribution in [1.82, 2.24) is 20.4 Å². The molecule has 3 heterocycles. The van der Waals surface area contributed by atoms with Crippen LogP contribution in [0.5, 0.6) is 0 Å². The van der Waals surface area contributed by atoms with E-state index in [2.05, 4.69) is 15.5 Å². The van der Waals surface area contributed by atoms with Gasteiger partial charge in [-0.15, -0.1) is 0 Å². The van der Waals surface area contributed by atoms with Crippen molar-refractivity contribution < 1.29 is 14.4 Å². The Hall–Kier alpha value is -2.29. The van der Waals surface area contributed by atoms with Gasteiger partial charge in [-0.05, 0) is 43.5 Å². The topological polar surface area (TPSA) is 108 Å². The minimum atomic E-state index is -0.570. The Bertz CT molecular complexity index is 804. The van der Waals surface area contributed by atoms with Crippen molar-refractivity contribution >= 4 is 17.7 Å². The van der Waals surface area contributed by atoms with E-state index in [0.717, 1.165) is 50.1 Å². The van der Waals surface area contributed by atoms with Crippen molar-refractivity contribution in [1.29, 1.82) is 0 Å². The second kappa shape index (κ2) is 8.61. The standard InChI is InChI=1S/C21H29N5O3/c22-16-6-9-25(10-7-16)11-8-23-12-14-2-1-3-15-13-26(21(29)19(14)15)17-4-5-18(27)24-20(17)28/h1-3,16-17,23H,4-13,22H2,(H,24,27,28). The first-order valence-corrected chi connectivity index (χ1v) is 10.5. The zero-order valence-electron chi connectivity index (χ0n) is 16.7. The van der Waals surface area contributed by atoms with Crippen LogP contribution in [0.1, 0.15) is 47.2 Å². The molecule has 0 bridgehead atoms. The van der Waals surface area contributed by atoms with Crippen LogP contribution in [0.4, 0.5) is 0 Å². The van der Waals surface area contributed by atoms with E-state index in [-0.39, 0.29) is 24.1 Å². The number of nitrogens with two attached hydrogens (primary N) is 1. The molecule has 29 heavy (non-hydrogen) atoms. The zero-order chi connectivity index (χ0) is 20.4. The van der Waals surface area contributed by atoms with Gasteiger partial charge in [0.05, 0.1) is 0 Å². The molecule has 1 unspecified atom stereocenters. The predicted octanol–water partition coefficient (Wildman–Crippen LogP) is -0.0397. The van der Waals surface area contributed by atoms with Crippen molar-refractivity contribution in [2.45, 2.75) is 50.9 Å². The quantitative estimate of drug-likeness (QED) is 0.458. The van der Waals surface area contributed by atoms with Gasteiger partial charge in [0.25, 0.3) is 5.91 Å². The zero-order valence-corrected chi connectivity index (χ0v) is 16.7. The predicted molar refractivity (Wildman–Crippen MR) is 108 cm³/mol. The average molecular weight is 399 g/mol. The van der Waals surface area contributed by atoms with E-state index < -0.39 is 6.04 Å². The maximum absolute atomic E-state index is 13.1. The number of nitrogens with one attached hydrogen (secondary N) is 2. The van der Waals surface area contributed by atoms with Crippen LogP contribution >= 0.6 is 0 Å². The number of carbonyl (C=O) groups excluding carboxylic acids is 3. The molecule has 3 aliphatic rings. The molecule has 8 heteroatoms. The molecule has 0 radical (unpaired) electrons. The molecule has 0 spiro atoms. The second-order valence-corrected chi connectivity index (χ2v) is 8.21. The highest BCUT2D eigenvalue weighted by Gasteiger charge is 2.39. The Kier molecular flexibility index (Phi) is 5.94. The third kappa shape index (κ3) is 4.34. The lowest BCUT2D eigenvalue weighted by atomic mass is 10.0. The molecular formula is C21H29N5O3. The number of hydrogen-bond acceptors (Lipinski definition) is 6. The van der Waals surface area contributed by atoms with Crippen LogP contribution in [0.2, 0.25) is 0 Å². The van der Waals surface area contributed by atoms with E-state index in [1.807, 2.05) is 18.2 Å². The summed E-state index contributed by atoms with van der Waals surface area (Å²) in [6, 6.07) is 5.64. The molecule has 8 nitrogen and oxygen atoms in total. The number of imide groups is 1. The van der Waals surface area contributed by atoms with Gasteiger partial charge in [-0.1, -0.05) is 18.2 Å². The number of fused-ring (bicyclic) bond motifs is 1. The molecular weight excluding hydrogens is 370 g/mol. The molecule has 4 N–H and O–H groups in total. The van der Waals surface area contributed by atoms with Crippen LogP contribution < -0.4 is 16.4 Å². The minimum absolute atomic E-state index is 0.114. The monoisotopic (exact) mass is 399 g/mol. The normalized spacial score (nSPS) is 23.4. The lowest BCUT2D eigenvalue weighted by molar-refractivity contribution is -0.136. The molecule has 1 aromatic carbocycles. The van der Waals surface area contributed by atoms with Gasteiger partial charge in [0.1, 0.15) is 6.04 Å². The average Bonchev–Trinajstić information content (AvgIpc) is 3.04. The van der Waals surface area contributed by atoms with Crippen molar-refractivity contribution in [3.05, 3.63) is 34.9 Å². The highest BCUT2D eigenvalue weighted by molar-refractivity contribution is 6.05. The molecule has 0 aliphatic carbocycles. The summed E-state index contributed by atoms with van der Waals surface area (Å²) in [4.78, 5) is 40.7. The molecule has 1 atom stereocenters. The van der Waals surface area contributed by atoms with Gasteiger partial charge in [-0.25, -0.2) is 0 Å². The van der Waals surface area contributed by atoms with Crippen LogP contribution in [0.3, 0.4) is 0 Å². The number of nitrogens with zero attached hydrogens (tertiary/aromatic N) is 2. The van der Waals surface area contributed by atoms with Gasteiger partial charge in [-0.3, -0.25) is 19.7 Å². The van der Waals surface area contributed by atoms with Gasteiger partial charge in [-0.2, -0.15) is 0 Å². The van der Waals surface area contributed by atoms with Crippen molar-refractivity contribution in [3.63, 3.8) is 0 Å². The summed E-state index contributed by atoms with van der Waals surface area (Å²) in [5, 5.41) is 5.80. The molecule has 4 rings (SSSR count). The lowest BCUT2D eigenvalue weighted by Gasteiger charge is -2.30. The first-order valence-electron chi connectivity index (χ1n) is 10.5. The molecule has 3 aliphatic heterocycles. The molecule has 0 aromatic heterocycles. The van der Waals surface area contributed by atoms with Gasteiger partial charge < -0.3 is 20.9 Å². The Morgan fingerprint density at radius 2 is 1.93 bits per heavy atom. The first kappa shape index (κ1) is 20.0. The number of piperidine rings is 2. The van der Waals surface area contributed by atoms with Crippen LogP contribution in [0, 0.1) is 0 Å². The molecule has 3 amide bonds. The maximum atomic E-state index is 13.1. The molecule has 2 saturated heterocycles. The van der Waals surface area contributed by atoms with Crippen molar-refractivity contribution in [2.75, 3.05) is 26.2 Å². The summed E-state index contributed by atoms with van der Waals surface area (Å²) < 4.78 is 0. The summed E-state index contributed by atoms with van der Waals surface area (Å²) >= 11 is 0. The summed E-state index contributed by atoms with van der Waals surface area (Å²) in [6.45, 7) is 4.95. The third-order valence-corrected chi connectivity index (χ3v) is 6.19. The Balaban J connectivity index is 1.35. The minimum Gasteiger partial charge on any atom is -0.328 e. The van der Waals surface area contributed by atoms with Gasteiger partial charge >= 0.3 is 0 Å². The smallest absolute Gasteiger partial charge is 0.255 e. The number of hydrogen-bond donors (Lipinski definition) is 3. The van der Waals surface area contributed by atoms with E-state index >= 15 is 0 Å². The number of carbonyl (C=O) groups is 3. The van der Waals surface area contributed by atoms with E-state index in [1.165, 1.54) is 0 Å². The highest BCUT2D eigenvalue weighted by Crippen LogP contribution is 2.29. The summed E-state index contributed by atoms with van der Waals surface area (Å²) in [6.07, 6.45) is 2.76. The Morgan fingerprint density at radius 1 is 1.14 bits per heavy atom. The lowest BCUT2D eigenvalue weighted by Crippen LogP contribution is -2.52. The largest absolute Gasteiger partial charge is 0.328 e. The fraction of sp³-hybridized carbons (Fsp3) is 0.571. The summed E-state index contributed by atoms with van der Waals surface area (Å²) in [7, 11) is 0. The van der Waals surface area contributed by atoms with Crippen LogP contribution in [0.15, 0.2) is 18.2 Å². The SMILES string of the molecule is NC1CCN(CCNCc2cccc3c2C(=O)N(C2CCC(=O)NC2=O)C3)CC1.